The Kier molecular flexibility index (Phi) is 5.59. The maximum Gasteiger partial charge on any atom is 0.192 e. The number of sulfone groups is 1. The first kappa shape index (κ1) is 20.5. The Hall–Kier alpha value is -2.75. The minimum atomic E-state index is -3.38. The summed E-state index contributed by atoms with van der Waals surface area (Å²) in [5, 5.41) is 2.14. The van der Waals surface area contributed by atoms with Gasteiger partial charge in [-0.05, 0) is 48.2 Å². The summed E-state index contributed by atoms with van der Waals surface area (Å²) >= 11 is 7.38. The monoisotopic (exact) mass is 457 g/mol. The van der Waals surface area contributed by atoms with Crippen molar-refractivity contribution in [2.45, 2.75) is 15.1 Å². The van der Waals surface area contributed by atoms with E-state index in [-0.39, 0.29) is 5.03 Å². The molecule has 0 aliphatic carbocycles. The van der Waals surface area contributed by atoms with E-state index in [0.717, 1.165) is 22.0 Å². The van der Waals surface area contributed by atoms with Crippen LogP contribution in [0, 0.1) is 0 Å². The summed E-state index contributed by atoms with van der Waals surface area (Å²) in [6, 6.07) is 12.4. The second-order valence-electron chi connectivity index (χ2n) is 6.44. The molecule has 0 bridgehead atoms. The van der Waals surface area contributed by atoms with Gasteiger partial charge in [-0.2, -0.15) is 0 Å². The van der Waals surface area contributed by atoms with E-state index in [4.69, 9.17) is 16.6 Å². The van der Waals surface area contributed by atoms with E-state index in [1.54, 1.807) is 24.5 Å². The zero-order chi connectivity index (χ0) is 21.3. The van der Waals surface area contributed by atoms with E-state index in [1.165, 1.54) is 24.0 Å². The number of halogens is 1. The minimum absolute atomic E-state index is 0.0145. The van der Waals surface area contributed by atoms with Crippen LogP contribution in [0.2, 0.25) is 5.02 Å². The molecule has 0 saturated carbocycles. The fraction of sp³-hybridized carbons (Fsp3) is 0.100. The number of imidazole rings is 1. The van der Waals surface area contributed by atoms with Gasteiger partial charge < -0.3 is 4.57 Å². The first-order valence-electron chi connectivity index (χ1n) is 8.77. The molecule has 0 aliphatic rings. The van der Waals surface area contributed by atoms with Crippen LogP contribution < -0.4 is 0 Å². The summed E-state index contributed by atoms with van der Waals surface area (Å²) in [4.78, 5) is 17.7. The number of aromatic nitrogens is 5. The molecule has 152 valence electrons. The van der Waals surface area contributed by atoms with Crippen molar-refractivity contribution in [2.24, 2.45) is 7.05 Å². The number of hydrogen-bond donors (Lipinski definition) is 0. The number of rotatable bonds is 5. The highest BCUT2D eigenvalue weighted by atomic mass is 35.5. The van der Waals surface area contributed by atoms with Crippen LogP contribution in [0.25, 0.3) is 22.8 Å². The Balaban J connectivity index is 1.84. The van der Waals surface area contributed by atoms with Gasteiger partial charge in [-0.15, -0.1) is 0 Å². The Morgan fingerprint density at radius 2 is 1.83 bits per heavy atom. The van der Waals surface area contributed by atoms with Crippen LogP contribution in [0.4, 0.5) is 0 Å². The molecular weight excluding hydrogens is 442 g/mol. The van der Waals surface area contributed by atoms with Gasteiger partial charge in [-0.3, -0.25) is 4.98 Å². The van der Waals surface area contributed by atoms with Gasteiger partial charge in [0, 0.05) is 37.5 Å². The van der Waals surface area contributed by atoms with Gasteiger partial charge in [-0.25, -0.2) is 23.4 Å². The maximum atomic E-state index is 11.7. The standard InChI is InChI=1S/C20H16ClN5O2S2/c1-26-19(15-5-3-4-10-22-15)25-18(13-6-9-17(24-11-13)30(2,27)28)20(26)29-16-8-7-14(21)12-23-16/h3-12H,1-2H3. The van der Waals surface area contributed by atoms with Gasteiger partial charge in [-0.1, -0.05) is 17.7 Å². The summed E-state index contributed by atoms with van der Waals surface area (Å²) in [6.07, 6.45) is 5.93. The van der Waals surface area contributed by atoms with Crippen molar-refractivity contribution < 1.29 is 8.42 Å². The summed E-state index contributed by atoms with van der Waals surface area (Å²) in [5.74, 6) is 0.675. The molecule has 4 rings (SSSR count). The first-order valence-corrected chi connectivity index (χ1v) is 11.9. The van der Waals surface area contributed by atoms with Crippen LogP contribution in [0.3, 0.4) is 0 Å². The van der Waals surface area contributed by atoms with Crippen molar-refractivity contribution in [2.75, 3.05) is 6.26 Å². The number of pyridine rings is 3. The largest absolute Gasteiger partial charge is 0.320 e. The second-order valence-corrected chi connectivity index (χ2v) is 9.85. The lowest BCUT2D eigenvalue weighted by Crippen LogP contribution is -2.00. The SMILES string of the molecule is Cn1c(-c2ccccn2)nc(-c2ccc(S(C)(=O)=O)nc2)c1Sc1ccc(Cl)cn1. The highest BCUT2D eigenvalue weighted by Crippen LogP contribution is 2.37. The van der Waals surface area contributed by atoms with Crippen molar-refractivity contribution in [3.8, 4) is 22.8 Å². The average molecular weight is 458 g/mol. The van der Waals surface area contributed by atoms with Crippen molar-refractivity contribution in [1.82, 2.24) is 24.5 Å². The maximum absolute atomic E-state index is 11.7. The van der Waals surface area contributed by atoms with Gasteiger partial charge in [0.05, 0.1) is 5.02 Å². The van der Waals surface area contributed by atoms with Gasteiger partial charge in [0.15, 0.2) is 20.7 Å². The number of hydrogen-bond acceptors (Lipinski definition) is 7. The molecule has 10 heteroatoms. The van der Waals surface area contributed by atoms with Gasteiger partial charge in [0.25, 0.3) is 0 Å². The fourth-order valence-electron chi connectivity index (χ4n) is 2.77. The lowest BCUT2D eigenvalue weighted by Gasteiger charge is -2.07. The third-order valence-electron chi connectivity index (χ3n) is 4.23. The van der Waals surface area contributed by atoms with E-state index in [2.05, 4.69) is 15.0 Å². The summed E-state index contributed by atoms with van der Waals surface area (Å²) in [7, 11) is -1.49. The molecule has 0 atom stereocenters. The smallest absolute Gasteiger partial charge is 0.192 e. The van der Waals surface area contributed by atoms with Crippen LogP contribution in [0.15, 0.2) is 76.1 Å². The highest BCUT2D eigenvalue weighted by molar-refractivity contribution is 7.99. The molecule has 0 unspecified atom stereocenters. The first-order chi connectivity index (χ1) is 14.3. The molecule has 0 saturated heterocycles. The Morgan fingerprint density at radius 3 is 2.43 bits per heavy atom. The van der Waals surface area contributed by atoms with Crippen LogP contribution in [-0.2, 0) is 16.9 Å². The van der Waals surface area contributed by atoms with E-state index >= 15 is 0 Å². The van der Waals surface area contributed by atoms with E-state index in [0.29, 0.717) is 22.1 Å². The zero-order valence-electron chi connectivity index (χ0n) is 16.0. The minimum Gasteiger partial charge on any atom is -0.320 e. The Labute approximate surface area is 183 Å². The number of nitrogens with zero attached hydrogens (tertiary/aromatic N) is 5. The third kappa shape index (κ3) is 4.23. The zero-order valence-corrected chi connectivity index (χ0v) is 18.4. The lowest BCUT2D eigenvalue weighted by molar-refractivity contribution is 0.598. The second kappa shape index (κ2) is 8.17. The van der Waals surface area contributed by atoms with E-state index < -0.39 is 9.84 Å². The van der Waals surface area contributed by atoms with Crippen LogP contribution >= 0.6 is 23.4 Å². The van der Waals surface area contributed by atoms with Gasteiger partial charge >= 0.3 is 0 Å². The molecule has 0 amide bonds. The fourth-order valence-corrected chi connectivity index (χ4v) is 4.37. The van der Waals surface area contributed by atoms with Crippen molar-refractivity contribution in [3.63, 3.8) is 0 Å². The molecule has 0 aliphatic heterocycles. The van der Waals surface area contributed by atoms with Crippen LogP contribution in [0.5, 0.6) is 0 Å². The van der Waals surface area contributed by atoms with Crippen molar-refractivity contribution in [1.29, 1.82) is 0 Å². The molecular formula is C20H16ClN5O2S2. The van der Waals surface area contributed by atoms with Crippen molar-refractivity contribution >= 4 is 33.2 Å². The molecule has 0 fully saturated rings. The predicted octanol–water partition coefficient (Wildman–Crippen LogP) is 4.15. The molecule has 4 aromatic heterocycles. The van der Waals surface area contributed by atoms with E-state index in [9.17, 15) is 8.42 Å². The molecule has 7 nitrogen and oxygen atoms in total. The molecule has 0 N–H and O–H groups in total. The predicted molar refractivity (Wildman–Crippen MR) is 116 cm³/mol. The third-order valence-corrected chi connectivity index (χ3v) is 6.56. The molecule has 30 heavy (non-hydrogen) atoms. The average Bonchev–Trinajstić information content (AvgIpc) is 3.06. The lowest BCUT2D eigenvalue weighted by atomic mass is 10.2. The quantitative estimate of drug-likeness (QED) is 0.444. The molecule has 0 radical (unpaired) electrons. The van der Waals surface area contributed by atoms with Gasteiger partial charge in [0.2, 0.25) is 0 Å². The molecule has 0 spiro atoms. The highest BCUT2D eigenvalue weighted by Gasteiger charge is 2.20. The van der Waals surface area contributed by atoms with Crippen molar-refractivity contribution in [3.05, 3.63) is 66.1 Å². The van der Waals surface area contributed by atoms with E-state index in [1.807, 2.05) is 35.9 Å². The Morgan fingerprint density at radius 1 is 1.00 bits per heavy atom. The summed E-state index contributed by atoms with van der Waals surface area (Å²) in [6.45, 7) is 0. The summed E-state index contributed by atoms with van der Waals surface area (Å²) in [5.41, 5.74) is 2.07. The molecule has 0 aromatic carbocycles. The Bertz CT molecular complexity index is 1290. The normalized spacial score (nSPS) is 11.6. The summed E-state index contributed by atoms with van der Waals surface area (Å²) < 4.78 is 25.4. The van der Waals surface area contributed by atoms with Gasteiger partial charge in [0.1, 0.15) is 21.4 Å². The molecule has 4 aromatic rings. The topological polar surface area (TPSA) is 90.6 Å². The van der Waals surface area contributed by atoms with Crippen LogP contribution in [0.1, 0.15) is 0 Å². The van der Waals surface area contributed by atoms with Crippen LogP contribution in [-0.4, -0.2) is 39.2 Å². The molecule has 4 heterocycles.